The van der Waals surface area contributed by atoms with Gasteiger partial charge in [-0.3, -0.25) is 14.4 Å². The normalized spacial score (nSPS) is 16.6. The summed E-state index contributed by atoms with van der Waals surface area (Å²) < 4.78 is 0. The van der Waals surface area contributed by atoms with Crippen LogP contribution in [0.4, 0.5) is 5.00 Å². The SMILES string of the molecule is O=C(Nc1ccc(C(=O)N2CCN(C(=O)Cc3ccc(Cl)cc3)CC2)s1)C1CC1. The Morgan fingerprint density at radius 2 is 1.62 bits per heavy atom. The molecule has 2 heterocycles. The molecule has 4 rings (SSSR count). The zero-order valence-corrected chi connectivity index (χ0v) is 17.5. The topological polar surface area (TPSA) is 69.7 Å². The van der Waals surface area contributed by atoms with Crippen molar-refractivity contribution < 1.29 is 14.4 Å². The van der Waals surface area contributed by atoms with E-state index in [1.807, 2.05) is 12.1 Å². The van der Waals surface area contributed by atoms with Crippen LogP contribution in [0.15, 0.2) is 36.4 Å². The summed E-state index contributed by atoms with van der Waals surface area (Å²) in [5, 5.41) is 4.24. The summed E-state index contributed by atoms with van der Waals surface area (Å²) in [4.78, 5) is 41.3. The highest BCUT2D eigenvalue weighted by atomic mass is 35.5. The van der Waals surface area contributed by atoms with E-state index in [2.05, 4.69) is 5.32 Å². The number of carbonyl (C=O) groups is 3. The Labute approximate surface area is 178 Å². The van der Waals surface area contributed by atoms with Crippen LogP contribution >= 0.6 is 22.9 Å². The highest BCUT2D eigenvalue weighted by molar-refractivity contribution is 7.18. The van der Waals surface area contributed by atoms with Gasteiger partial charge in [0.15, 0.2) is 0 Å². The van der Waals surface area contributed by atoms with E-state index in [1.54, 1.807) is 34.1 Å². The molecule has 1 aromatic heterocycles. The number of hydrogen-bond acceptors (Lipinski definition) is 4. The summed E-state index contributed by atoms with van der Waals surface area (Å²) in [5.74, 6) is 0.181. The lowest BCUT2D eigenvalue weighted by atomic mass is 10.1. The number of anilines is 1. The Morgan fingerprint density at radius 3 is 2.28 bits per heavy atom. The van der Waals surface area contributed by atoms with E-state index in [9.17, 15) is 14.4 Å². The van der Waals surface area contributed by atoms with Gasteiger partial charge in [-0.15, -0.1) is 11.3 Å². The number of hydrogen-bond donors (Lipinski definition) is 1. The van der Waals surface area contributed by atoms with E-state index >= 15 is 0 Å². The average molecular weight is 432 g/mol. The summed E-state index contributed by atoms with van der Waals surface area (Å²) in [6.07, 6.45) is 2.23. The summed E-state index contributed by atoms with van der Waals surface area (Å²) in [5.41, 5.74) is 0.928. The first-order chi connectivity index (χ1) is 14.0. The van der Waals surface area contributed by atoms with E-state index in [0.717, 1.165) is 18.4 Å². The van der Waals surface area contributed by atoms with Crippen LogP contribution < -0.4 is 5.32 Å². The minimum Gasteiger partial charge on any atom is -0.339 e. The quantitative estimate of drug-likeness (QED) is 0.789. The molecule has 1 aliphatic heterocycles. The van der Waals surface area contributed by atoms with Gasteiger partial charge < -0.3 is 15.1 Å². The fourth-order valence-corrected chi connectivity index (χ4v) is 4.30. The van der Waals surface area contributed by atoms with Gasteiger partial charge >= 0.3 is 0 Å². The van der Waals surface area contributed by atoms with Crippen molar-refractivity contribution >= 4 is 45.7 Å². The molecule has 1 saturated heterocycles. The fraction of sp³-hybridized carbons (Fsp3) is 0.381. The zero-order chi connectivity index (χ0) is 20.4. The molecule has 1 saturated carbocycles. The Bertz CT molecular complexity index is 916. The van der Waals surface area contributed by atoms with Gasteiger partial charge in [0.1, 0.15) is 0 Å². The van der Waals surface area contributed by atoms with Gasteiger partial charge in [-0.1, -0.05) is 23.7 Å². The van der Waals surface area contributed by atoms with E-state index in [4.69, 9.17) is 11.6 Å². The fourth-order valence-electron chi connectivity index (χ4n) is 3.29. The maximum Gasteiger partial charge on any atom is 0.264 e. The van der Waals surface area contributed by atoms with Crippen LogP contribution in [-0.4, -0.2) is 53.7 Å². The third kappa shape index (κ3) is 4.97. The van der Waals surface area contributed by atoms with E-state index in [-0.39, 0.29) is 23.6 Å². The van der Waals surface area contributed by atoms with Crippen molar-refractivity contribution in [2.24, 2.45) is 5.92 Å². The lowest BCUT2D eigenvalue weighted by molar-refractivity contribution is -0.131. The summed E-state index contributed by atoms with van der Waals surface area (Å²) in [6, 6.07) is 10.8. The number of amides is 3. The lowest BCUT2D eigenvalue weighted by Crippen LogP contribution is -2.50. The third-order valence-electron chi connectivity index (χ3n) is 5.20. The Kier molecular flexibility index (Phi) is 5.87. The standard InChI is InChI=1S/C21H22ClN3O3S/c22-16-5-1-14(2-6-16)13-19(26)24-9-11-25(12-10-24)21(28)17-7-8-18(29-17)23-20(27)15-3-4-15/h1-2,5-8,15H,3-4,9-13H2,(H,23,27). The lowest BCUT2D eigenvalue weighted by Gasteiger charge is -2.34. The van der Waals surface area contributed by atoms with Crippen LogP contribution in [0.3, 0.4) is 0 Å². The van der Waals surface area contributed by atoms with Crippen molar-refractivity contribution in [2.45, 2.75) is 19.3 Å². The second kappa shape index (κ2) is 8.55. The molecule has 3 amide bonds. The molecule has 8 heteroatoms. The number of nitrogens with zero attached hydrogens (tertiary/aromatic N) is 2. The molecule has 2 aromatic rings. The van der Waals surface area contributed by atoms with Crippen molar-refractivity contribution in [3.63, 3.8) is 0 Å². The smallest absolute Gasteiger partial charge is 0.264 e. The van der Waals surface area contributed by atoms with Crippen molar-refractivity contribution in [1.29, 1.82) is 0 Å². The Balaban J connectivity index is 1.28. The number of rotatable bonds is 5. The Hall–Kier alpha value is -2.38. The van der Waals surface area contributed by atoms with E-state index in [1.165, 1.54) is 11.3 Å². The molecule has 1 aromatic carbocycles. The molecule has 2 fully saturated rings. The second-order valence-electron chi connectivity index (χ2n) is 7.40. The van der Waals surface area contributed by atoms with E-state index in [0.29, 0.717) is 47.5 Å². The first-order valence-corrected chi connectivity index (χ1v) is 10.9. The van der Waals surface area contributed by atoms with Gasteiger partial charge in [-0.2, -0.15) is 0 Å². The van der Waals surface area contributed by atoms with Gasteiger partial charge in [-0.25, -0.2) is 0 Å². The number of nitrogens with one attached hydrogen (secondary N) is 1. The molecule has 0 atom stereocenters. The molecular formula is C21H22ClN3O3S. The van der Waals surface area contributed by atoms with Crippen LogP contribution in [0, 0.1) is 5.92 Å². The maximum absolute atomic E-state index is 12.8. The highest BCUT2D eigenvalue weighted by Gasteiger charge is 2.30. The van der Waals surface area contributed by atoms with Crippen molar-refractivity contribution in [2.75, 3.05) is 31.5 Å². The average Bonchev–Trinajstić information content (AvgIpc) is 3.49. The molecule has 0 unspecified atom stereocenters. The number of halogens is 1. The minimum atomic E-state index is -0.0493. The number of benzene rings is 1. The number of carbonyl (C=O) groups excluding carboxylic acids is 3. The molecule has 0 bridgehead atoms. The second-order valence-corrected chi connectivity index (χ2v) is 8.92. The monoisotopic (exact) mass is 431 g/mol. The van der Waals surface area contributed by atoms with Crippen molar-refractivity contribution in [3.05, 3.63) is 51.9 Å². The molecule has 1 aliphatic carbocycles. The van der Waals surface area contributed by atoms with Crippen molar-refractivity contribution in [1.82, 2.24) is 9.80 Å². The third-order valence-corrected chi connectivity index (χ3v) is 6.44. The molecule has 29 heavy (non-hydrogen) atoms. The molecule has 2 aliphatic rings. The van der Waals surface area contributed by atoms with Crippen molar-refractivity contribution in [3.8, 4) is 0 Å². The van der Waals surface area contributed by atoms with Gasteiger partial charge in [0.2, 0.25) is 11.8 Å². The van der Waals surface area contributed by atoms with Crippen LogP contribution in [0.2, 0.25) is 5.02 Å². The summed E-state index contributed by atoms with van der Waals surface area (Å²) in [6.45, 7) is 2.06. The predicted molar refractivity (Wildman–Crippen MR) is 113 cm³/mol. The summed E-state index contributed by atoms with van der Waals surface area (Å²) in [7, 11) is 0. The summed E-state index contributed by atoms with van der Waals surface area (Å²) >= 11 is 7.19. The molecule has 0 spiro atoms. The van der Waals surface area contributed by atoms with Crippen LogP contribution in [-0.2, 0) is 16.0 Å². The minimum absolute atomic E-state index is 0.0404. The van der Waals surface area contributed by atoms with Gasteiger partial charge in [0.05, 0.1) is 16.3 Å². The van der Waals surface area contributed by atoms with Gasteiger partial charge in [0, 0.05) is 37.1 Å². The molecule has 0 radical (unpaired) electrons. The van der Waals surface area contributed by atoms with Crippen LogP contribution in [0.1, 0.15) is 28.1 Å². The first kappa shape index (κ1) is 19.9. The largest absolute Gasteiger partial charge is 0.339 e. The van der Waals surface area contributed by atoms with Gasteiger partial charge in [0.25, 0.3) is 5.91 Å². The molecule has 1 N–H and O–H groups in total. The predicted octanol–water partition coefficient (Wildman–Crippen LogP) is 3.28. The number of thiophene rings is 1. The van der Waals surface area contributed by atoms with E-state index < -0.39 is 0 Å². The van der Waals surface area contributed by atoms with Crippen LogP contribution in [0.25, 0.3) is 0 Å². The molecule has 6 nitrogen and oxygen atoms in total. The van der Waals surface area contributed by atoms with Gasteiger partial charge in [-0.05, 0) is 42.7 Å². The Morgan fingerprint density at radius 1 is 0.966 bits per heavy atom. The first-order valence-electron chi connectivity index (χ1n) is 9.72. The molecule has 152 valence electrons. The highest BCUT2D eigenvalue weighted by Crippen LogP contribution is 2.32. The number of piperazine rings is 1. The zero-order valence-electron chi connectivity index (χ0n) is 15.9. The van der Waals surface area contributed by atoms with Crippen LogP contribution in [0.5, 0.6) is 0 Å². The molecular weight excluding hydrogens is 410 g/mol. The maximum atomic E-state index is 12.8.